The number of nitrogens with one attached hydrogen (secondary N) is 1. The average molecular weight is 290 g/mol. The highest BCUT2D eigenvalue weighted by atomic mass is 32.2. The normalized spacial score (nSPS) is 16.9. The Morgan fingerprint density at radius 2 is 1.90 bits per heavy atom. The lowest BCUT2D eigenvalue weighted by Crippen LogP contribution is -2.43. The summed E-state index contributed by atoms with van der Waals surface area (Å²) in [7, 11) is 0. The summed E-state index contributed by atoms with van der Waals surface area (Å²) in [6, 6.07) is 6.70. The quantitative estimate of drug-likeness (QED) is 0.847. The summed E-state index contributed by atoms with van der Waals surface area (Å²) in [4.78, 5) is 3.88. The predicted octanol–water partition coefficient (Wildman–Crippen LogP) is 4.02. The zero-order valence-corrected chi connectivity index (χ0v) is 13.9. The Labute approximate surface area is 127 Å². The van der Waals surface area contributed by atoms with Crippen molar-refractivity contribution in [2.75, 3.05) is 31.1 Å². The molecule has 0 radical (unpaired) electrons. The molecule has 0 spiro atoms. The fourth-order valence-electron chi connectivity index (χ4n) is 2.47. The van der Waals surface area contributed by atoms with Gasteiger partial charge in [0.1, 0.15) is 0 Å². The van der Waals surface area contributed by atoms with Gasteiger partial charge < -0.3 is 10.2 Å². The lowest BCUT2D eigenvalue weighted by Gasteiger charge is -2.32. The number of benzene rings is 1. The summed E-state index contributed by atoms with van der Waals surface area (Å²) >= 11 is 1.95. The Hall–Kier alpha value is -0.930. The number of thioether (sulfide) groups is 1. The van der Waals surface area contributed by atoms with E-state index >= 15 is 0 Å². The second-order valence-corrected chi connectivity index (χ2v) is 8.01. The summed E-state index contributed by atoms with van der Waals surface area (Å²) in [6.07, 6.45) is 4.40. The van der Waals surface area contributed by atoms with Crippen LogP contribution in [0.15, 0.2) is 29.2 Å². The summed E-state index contributed by atoms with van der Waals surface area (Å²) in [5.41, 5.74) is 2.75. The molecule has 2 nitrogen and oxygen atoms in total. The molecule has 1 fully saturated rings. The van der Waals surface area contributed by atoms with E-state index in [-0.39, 0.29) is 4.75 Å². The Balaban J connectivity index is 2.37. The van der Waals surface area contributed by atoms with Crippen molar-refractivity contribution in [1.82, 2.24) is 5.32 Å². The van der Waals surface area contributed by atoms with E-state index in [1.54, 1.807) is 0 Å². The number of nitrogens with zero attached hydrogens (tertiary/aromatic N) is 1. The van der Waals surface area contributed by atoms with Crippen molar-refractivity contribution in [1.29, 1.82) is 0 Å². The third-order valence-electron chi connectivity index (χ3n) is 3.25. The molecule has 1 aliphatic rings. The van der Waals surface area contributed by atoms with E-state index in [1.807, 2.05) is 11.8 Å². The monoisotopic (exact) mass is 290 g/mol. The highest BCUT2D eigenvalue weighted by Gasteiger charge is 2.19. The molecule has 0 bridgehead atoms. The number of anilines is 1. The van der Waals surface area contributed by atoms with Crippen LogP contribution >= 0.6 is 11.8 Å². The van der Waals surface area contributed by atoms with E-state index in [1.165, 1.54) is 16.1 Å². The van der Waals surface area contributed by atoms with Crippen LogP contribution in [0.1, 0.15) is 33.3 Å². The first-order chi connectivity index (χ1) is 9.51. The van der Waals surface area contributed by atoms with Crippen molar-refractivity contribution in [2.24, 2.45) is 0 Å². The fourth-order valence-corrected chi connectivity index (χ4v) is 3.56. The molecule has 0 amide bonds. The van der Waals surface area contributed by atoms with Gasteiger partial charge in [0.05, 0.1) is 0 Å². The van der Waals surface area contributed by atoms with Crippen LogP contribution in [-0.2, 0) is 0 Å². The first-order valence-corrected chi connectivity index (χ1v) is 8.23. The molecule has 0 saturated carbocycles. The van der Waals surface area contributed by atoms with E-state index < -0.39 is 0 Å². The molecule has 3 heteroatoms. The number of rotatable bonds is 3. The highest BCUT2D eigenvalue weighted by Crippen LogP contribution is 2.38. The minimum Gasteiger partial charge on any atom is -0.368 e. The van der Waals surface area contributed by atoms with Crippen LogP contribution in [0.4, 0.5) is 5.69 Å². The molecular weight excluding hydrogens is 264 g/mol. The zero-order chi connectivity index (χ0) is 14.6. The van der Waals surface area contributed by atoms with Crippen LogP contribution in [0.3, 0.4) is 0 Å². The van der Waals surface area contributed by atoms with Crippen LogP contribution in [0, 0.1) is 0 Å². The molecule has 0 aromatic heterocycles. The predicted molar refractivity (Wildman–Crippen MR) is 91.8 cm³/mol. The third kappa shape index (κ3) is 4.03. The summed E-state index contributed by atoms with van der Waals surface area (Å²) in [6.45, 7) is 13.2. The van der Waals surface area contributed by atoms with Crippen LogP contribution in [0.5, 0.6) is 0 Å². The largest absolute Gasteiger partial charge is 0.368 e. The van der Waals surface area contributed by atoms with Gasteiger partial charge in [0.15, 0.2) is 0 Å². The summed E-state index contributed by atoms with van der Waals surface area (Å²) in [5, 5.41) is 3.42. The maximum Gasteiger partial charge on any atom is 0.0451 e. The smallest absolute Gasteiger partial charge is 0.0451 e. The van der Waals surface area contributed by atoms with Gasteiger partial charge in [-0.05, 0) is 19.1 Å². The van der Waals surface area contributed by atoms with Gasteiger partial charge in [-0.25, -0.2) is 0 Å². The first kappa shape index (κ1) is 15.5. The van der Waals surface area contributed by atoms with Gasteiger partial charge in [-0.15, -0.1) is 11.8 Å². The fraction of sp³-hybridized carbons (Fsp3) is 0.529. The van der Waals surface area contributed by atoms with Crippen molar-refractivity contribution in [3.63, 3.8) is 0 Å². The molecule has 1 N–H and O–H groups in total. The Morgan fingerprint density at radius 1 is 1.20 bits per heavy atom. The molecule has 0 unspecified atom stereocenters. The van der Waals surface area contributed by atoms with E-state index in [0.717, 1.165) is 26.2 Å². The lowest BCUT2D eigenvalue weighted by atomic mass is 10.1. The van der Waals surface area contributed by atoms with Crippen molar-refractivity contribution in [2.45, 2.75) is 37.3 Å². The maximum absolute atomic E-state index is 3.42. The van der Waals surface area contributed by atoms with Gasteiger partial charge in [0, 0.05) is 47.1 Å². The van der Waals surface area contributed by atoms with Crippen molar-refractivity contribution in [3.8, 4) is 0 Å². The van der Waals surface area contributed by atoms with Crippen molar-refractivity contribution < 1.29 is 0 Å². The molecule has 2 rings (SSSR count). The van der Waals surface area contributed by atoms with Gasteiger partial charge in [0.25, 0.3) is 0 Å². The third-order valence-corrected chi connectivity index (χ3v) is 4.44. The molecule has 1 aromatic rings. The number of piperazine rings is 1. The average Bonchev–Trinajstić information content (AvgIpc) is 2.40. The minimum absolute atomic E-state index is 0.235. The molecule has 20 heavy (non-hydrogen) atoms. The molecular formula is C17H26N2S. The zero-order valence-electron chi connectivity index (χ0n) is 13.1. The van der Waals surface area contributed by atoms with Crippen LogP contribution in [0.2, 0.25) is 0 Å². The SMILES string of the molecule is C/C=C/c1c(SC(C)(C)C)cccc1N1CCNCC1. The molecule has 1 heterocycles. The molecule has 1 saturated heterocycles. The van der Waals surface area contributed by atoms with Gasteiger partial charge in [0.2, 0.25) is 0 Å². The number of hydrogen-bond acceptors (Lipinski definition) is 3. The van der Waals surface area contributed by atoms with E-state index in [4.69, 9.17) is 0 Å². The first-order valence-electron chi connectivity index (χ1n) is 7.41. The minimum atomic E-state index is 0.235. The second kappa shape index (κ2) is 6.68. The molecule has 1 aromatic carbocycles. The standard InChI is InChI=1S/C17H26N2S/c1-5-7-14-15(19-12-10-18-11-13-19)8-6-9-16(14)20-17(2,3)4/h5-9,18H,10-13H2,1-4H3/b7-5+. The Kier molecular flexibility index (Phi) is 5.17. The topological polar surface area (TPSA) is 15.3 Å². The lowest BCUT2D eigenvalue weighted by molar-refractivity contribution is 0.588. The van der Waals surface area contributed by atoms with Crippen molar-refractivity contribution >= 4 is 23.5 Å². The van der Waals surface area contributed by atoms with E-state index in [9.17, 15) is 0 Å². The maximum atomic E-state index is 3.42. The summed E-state index contributed by atoms with van der Waals surface area (Å²) < 4.78 is 0.235. The van der Waals surface area contributed by atoms with Crippen LogP contribution < -0.4 is 10.2 Å². The van der Waals surface area contributed by atoms with Gasteiger partial charge in [-0.1, -0.05) is 39.0 Å². The van der Waals surface area contributed by atoms with Gasteiger partial charge in [-0.3, -0.25) is 0 Å². The molecule has 110 valence electrons. The van der Waals surface area contributed by atoms with Gasteiger partial charge >= 0.3 is 0 Å². The molecule has 0 atom stereocenters. The summed E-state index contributed by atoms with van der Waals surface area (Å²) in [5.74, 6) is 0. The van der Waals surface area contributed by atoms with Crippen LogP contribution in [0.25, 0.3) is 6.08 Å². The Bertz CT molecular complexity index is 468. The van der Waals surface area contributed by atoms with Crippen molar-refractivity contribution in [3.05, 3.63) is 29.8 Å². The van der Waals surface area contributed by atoms with E-state index in [0.29, 0.717) is 0 Å². The number of hydrogen-bond donors (Lipinski definition) is 1. The Morgan fingerprint density at radius 3 is 2.50 bits per heavy atom. The second-order valence-electron chi connectivity index (χ2n) is 6.14. The molecule has 0 aliphatic carbocycles. The number of allylic oxidation sites excluding steroid dienone is 1. The van der Waals surface area contributed by atoms with Crippen LogP contribution in [-0.4, -0.2) is 30.9 Å². The van der Waals surface area contributed by atoms with Gasteiger partial charge in [-0.2, -0.15) is 0 Å². The molecule has 1 aliphatic heterocycles. The highest BCUT2D eigenvalue weighted by molar-refractivity contribution is 8.00. The van der Waals surface area contributed by atoms with E-state index in [2.05, 4.69) is 68.3 Å².